The summed E-state index contributed by atoms with van der Waals surface area (Å²) in [6.07, 6.45) is 0. The molecule has 0 aliphatic rings. The lowest BCUT2D eigenvalue weighted by atomic mass is 10.1. The second-order valence-corrected chi connectivity index (χ2v) is 8.21. The number of hydrogen-bond donors (Lipinski definition) is 2. The van der Waals surface area contributed by atoms with Crippen molar-refractivity contribution in [2.24, 2.45) is 0 Å². The maximum atomic E-state index is 12.7. The number of hydrogen-bond acceptors (Lipinski definition) is 6. The van der Waals surface area contributed by atoms with E-state index in [4.69, 9.17) is 5.73 Å². The molecule has 7 heteroatoms. The molecule has 0 fully saturated rings. The van der Waals surface area contributed by atoms with Gasteiger partial charge in [-0.05, 0) is 50.6 Å². The van der Waals surface area contributed by atoms with Gasteiger partial charge in [0.25, 0.3) is 5.91 Å². The Morgan fingerprint density at radius 2 is 1.92 bits per heavy atom. The molecule has 0 aliphatic carbocycles. The number of rotatable bonds is 2. The number of fused-ring (bicyclic) bond motifs is 2. The number of thiazole rings is 1. The van der Waals surface area contributed by atoms with Gasteiger partial charge in [0.2, 0.25) is 0 Å². The molecule has 0 bridgehead atoms. The van der Waals surface area contributed by atoms with Gasteiger partial charge in [-0.2, -0.15) is 0 Å². The SMILES string of the molecule is Cc1cc(C)c2c(N)c(C(=O)Nc3ccc4nc(C)sc4c3)sc2n1. The summed E-state index contributed by atoms with van der Waals surface area (Å²) in [5.41, 5.74) is 10.4. The molecule has 25 heavy (non-hydrogen) atoms. The molecule has 0 atom stereocenters. The predicted octanol–water partition coefficient (Wildman–Crippen LogP) is 4.67. The van der Waals surface area contributed by atoms with Crippen molar-refractivity contribution < 1.29 is 4.79 Å². The molecule has 5 nitrogen and oxygen atoms in total. The van der Waals surface area contributed by atoms with Crippen molar-refractivity contribution in [3.63, 3.8) is 0 Å². The highest BCUT2D eigenvalue weighted by atomic mass is 32.1. The molecule has 0 saturated heterocycles. The summed E-state index contributed by atoms with van der Waals surface area (Å²) >= 11 is 2.93. The van der Waals surface area contributed by atoms with E-state index < -0.39 is 0 Å². The molecule has 126 valence electrons. The normalized spacial score (nSPS) is 11.3. The van der Waals surface area contributed by atoms with E-state index in [9.17, 15) is 4.79 Å². The Bertz CT molecular complexity index is 1140. The first kappa shape index (κ1) is 16.0. The number of carbonyl (C=O) groups is 1. The van der Waals surface area contributed by atoms with Crippen LogP contribution in [0.25, 0.3) is 20.4 Å². The number of pyridine rings is 1. The number of nitrogens with two attached hydrogens (primary N) is 1. The van der Waals surface area contributed by atoms with Crippen LogP contribution in [0.1, 0.15) is 25.9 Å². The molecule has 4 aromatic rings. The Hall–Kier alpha value is -2.51. The molecule has 1 aromatic carbocycles. The number of aromatic nitrogens is 2. The second-order valence-electron chi connectivity index (χ2n) is 5.98. The number of thiophene rings is 1. The van der Waals surface area contributed by atoms with Crippen LogP contribution < -0.4 is 11.1 Å². The first-order valence-electron chi connectivity index (χ1n) is 7.77. The Morgan fingerprint density at radius 3 is 2.72 bits per heavy atom. The molecule has 0 saturated carbocycles. The third kappa shape index (κ3) is 2.75. The number of carbonyl (C=O) groups excluding carboxylic acids is 1. The van der Waals surface area contributed by atoms with Crippen molar-refractivity contribution >= 4 is 60.4 Å². The van der Waals surface area contributed by atoms with Crippen molar-refractivity contribution in [1.82, 2.24) is 9.97 Å². The molecule has 0 radical (unpaired) electrons. The van der Waals surface area contributed by atoms with E-state index >= 15 is 0 Å². The summed E-state index contributed by atoms with van der Waals surface area (Å²) in [5.74, 6) is -0.210. The van der Waals surface area contributed by atoms with Gasteiger partial charge >= 0.3 is 0 Å². The fraction of sp³-hybridized carbons (Fsp3) is 0.167. The van der Waals surface area contributed by atoms with Gasteiger partial charge in [-0.25, -0.2) is 9.97 Å². The quantitative estimate of drug-likeness (QED) is 0.539. The largest absolute Gasteiger partial charge is 0.397 e. The van der Waals surface area contributed by atoms with E-state index in [2.05, 4.69) is 15.3 Å². The molecule has 3 aromatic heterocycles. The lowest BCUT2D eigenvalue weighted by Crippen LogP contribution is -2.11. The Labute approximate surface area is 152 Å². The second kappa shape index (κ2) is 5.79. The van der Waals surface area contributed by atoms with E-state index in [0.717, 1.165) is 42.4 Å². The van der Waals surface area contributed by atoms with Gasteiger partial charge in [-0.15, -0.1) is 22.7 Å². The van der Waals surface area contributed by atoms with Gasteiger partial charge in [-0.1, -0.05) is 0 Å². The fourth-order valence-corrected chi connectivity index (χ4v) is 4.92. The minimum atomic E-state index is -0.210. The van der Waals surface area contributed by atoms with E-state index in [0.29, 0.717) is 10.6 Å². The monoisotopic (exact) mass is 368 g/mol. The molecule has 4 rings (SSSR count). The number of benzene rings is 1. The van der Waals surface area contributed by atoms with E-state index in [1.54, 1.807) is 11.3 Å². The standard InChI is InChI=1S/C18H16N4OS2/c1-8-6-9(2)20-18-14(8)15(19)16(25-18)17(23)22-11-4-5-12-13(7-11)24-10(3)21-12/h4-7H,19H2,1-3H3,(H,22,23). The van der Waals surface area contributed by atoms with Crippen LogP contribution in [0.15, 0.2) is 24.3 Å². The fourth-order valence-electron chi connectivity index (χ4n) is 2.94. The third-order valence-corrected chi connectivity index (χ3v) is 6.02. The summed E-state index contributed by atoms with van der Waals surface area (Å²) < 4.78 is 1.05. The molecule has 3 heterocycles. The highest BCUT2D eigenvalue weighted by Crippen LogP contribution is 2.35. The number of nitrogens with one attached hydrogen (secondary N) is 1. The van der Waals surface area contributed by atoms with Gasteiger partial charge in [0, 0.05) is 16.8 Å². The third-order valence-electron chi connectivity index (χ3n) is 3.98. The maximum absolute atomic E-state index is 12.7. The number of nitrogen functional groups attached to an aromatic ring is 1. The molecule has 3 N–H and O–H groups in total. The van der Waals surface area contributed by atoms with E-state index in [1.165, 1.54) is 11.3 Å². The van der Waals surface area contributed by atoms with Crippen molar-refractivity contribution in [2.45, 2.75) is 20.8 Å². The summed E-state index contributed by atoms with van der Waals surface area (Å²) in [4.78, 5) is 23.0. The zero-order valence-corrected chi connectivity index (χ0v) is 15.6. The van der Waals surface area contributed by atoms with Gasteiger partial charge in [0.15, 0.2) is 0 Å². The molecular weight excluding hydrogens is 352 g/mol. The minimum absolute atomic E-state index is 0.210. The summed E-state index contributed by atoms with van der Waals surface area (Å²) in [7, 11) is 0. The number of nitrogens with zero attached hydrogens (tertiary/aromatic N) is 2. The van der Waals surface area contributed by atoms with Crippen molar-refractivity contribution in [1.29, 1.82) is 0 Å². The molecule has 0 aliphatic heterocycles. The Balaban J connectivity index is 1.71. The van der Waals surface area contributed by atoms with Crippen LogP contribution in [0.4, 0.5) is 11.4 Å². The van der Waals surface area contributed by atoms with Crippen LogP contribution in [-0.4, -0.2) is 15.9 Å². The van der Waals surface area contributed by atoms with Gasteiger partial charge < -0.3 is 11.1 Å². The van der Waals surface area contributed by atoms with Crippen LogP contribution in [-0.2, 0) is 0 Å². The van der Waals surface area contributed by atoms with Crippen molar-refractivity contribution in [3.8, 4) is 0 Å². The topological polar surface area (TPSA) is 80.9 Å². The smallest absolute Gasteiger partial charge is 0.267 e. The first-order valence-corrected chi connectivity index (χ1v) is 9.40. The van der Waals surface area contributed by atoms with Crippen LogP contribution in [0, 0.1) is 20.8 Å². The van der Waals surface area contributed by atoms with Crippen molar-refractivity contribution in [2.75, 3.05) is 11.1 Å². The Morgan fingerprint density at radius 1 is 1.12 bits per heavy atom. The zero-order valence-electron chi connectivity index (χ0n) is 14.0. The zero-order chi connectivity index (χ0) is 17.7. The minimum Gasteiger partial charge on any atom is -0.397 e. The average Bonchev–Trinajstić information content (AvgIpc) is 3.06. The van der Waals surface area contributed by atoms with Gasteiger partial charge in [-0.3, -0.25) is 4.79 Å². The summed E-state index contributed by atoms with van der Waals surface area (Å²) in [6, 6.07) is 7.69. The number of aryl methyl sites for hydroxylation is 3. The van der Waals surface area contributed by atoms with Crippen molar-refractivity contribution in [3.05, 3.63) is 45.4 Å². The van der Waals surface area contributed by atoms with Gasteiger partial charge in [0.1, 0.15) is 9.71 Å². The molecule has 0 unspecified atom stereocenters. The van der Waals surface area contributed by atoms with Crippen LogP contribution >= 0.6 is 22.7 Å². The molecule has 0 spiro atoms. The predicted molar refractivity (Wildman–Crippen MR) is 106 cm³/mol. The van der Waals surface area contributed by atoms with Crippen LogP contribution in [0.5, 0.6) is 0 Å². The number of amides is 1. The number of anilines is 2. The highest BCUT2D eigenvalue weighted by molar-refractivity contribution is 7.21. The lowest BCUT2D eigenvalue weighted by Gasteiger charge is -2.04. The molecule has 1 amide bonds. The average molecular weight is 368 g/mol. The summed E-state index contributed by atoms with van der Waals surface area (Å²) in [5, 5.41) is 4.81. The molecular formula is C18H16N4OS2. The van der Waals surface area contributed by atoms with E-state index in [-0.39, 0.29) is 5.91 Å². The van der Waals surface area contributed by atoms with E-state index in [1.807, 2.05) is 45.0 Å². The highest BCUT2D eigenvalue weighted by Gasteiger charge is 2.19. The lowest BCUT2D eigenvalue weighted by molar-refractivity contribution is 0.103. The van der Waals surface area contributed by atoms with Crippen LogP contribution in [0.3, 0.4) is 0 Å². The van der Waals surface area contributed by atoms with Gasteiger partial charge in [0.05, 0.1) is 20.9 Å². The Kier molecular flexibility index (Phi) is 3.70. The van der Waals surface area contributed by atoms with Crippen LogP contribution in [0.2, 0.25) is 0 Å². The first-order chi connectivity index (χ1) is 11.9. The maximum Gasteiger partial charge on any atom is 0.267 e. The summed E-state index contributed by atoms with van der Waals surface area (Å²) in [6.45, 7) is 5.90.